The van der Waals surface area contributed by atoms with Crippen LogP contribution in [0.2, 0.25) is 0 Å². The SMILES string of the molecule is COCCOCC(O)CNc1ccc(N(C)C)cc1. The Balaban J connectivity index is 2.24. The van der Waals surface area contributed by atoms with Crippen molar-refractivity contribution in [3.63, 3.8) is 0 Å². The minimum Gasteiger partial charge on any atom is -0.389 e. The van der Waals surface area contributed by atoms with E-state index < -0.39 is 6.10 Å². The normalized spacial score (nSPS) is 12.2. The van der Waals surface area contributed by atoms with Gasteiger partial charge in [-0.2, -0.15) is 0 Å². The first-order valence-corrected chi connectivity index (χ1v) is 6.39. The third kappa shape index (κ3) is 6.42. The van der Waals surface area contributed by atoms with Gasteiger partial charge in [-0.05, 0) is 24.3 Å². The van der Waals surface area contributed by atoms with Gasteiger partial charge in [0.25, 0.3) is 0 Å². The molecule has 0 heterocycles. The first-order chi connectivity index (χ1) is 9.13. The molecule has 0 aliphatic carbocycles. The lowest BCUT2D eigenvalue weighted by molar-refractivity contribution is 0.0182. The van der Waals surface area contributed by atoms with Gasteiger partial charge in [0.2, 0.25) is 0 Å². The molecule has 0 spiro atoms. The Morgan fingerprint density at radius 1 is 1.21 bits per heavy atom. The molecular formula is C14H24N2O3. The summed E-state index contributed by atoms with van der Waals surface area (Å²) in [4.78, 5) is 2.04. The van der Waals surface area contributed by atoms with E-state index in [9.17, 15) is 5.11 Å². The number of aliphatic hydroxyl groups is 1. The van der Waals surface area contributed by atoms with Crippen LogP contribution >= 0.6 is 0 Å². The molecule has 0 aromatic heterocycles. The highest BCUT2D eigenvalue weighted by Gasteiger charge is 2.04. The third-order valence-corrected chi connectivity index (χ3v) is 2.67. The Kier molecular flexibility index (Phi) is 7.25. The zero-order chi connectivity index (χ0) is 14.1. The fraction of sp³-hybridized carbons (Fsp3) is 0.571. The smallest absolute Gasteiger partial charge is 0.0945 e. The van der Waals surface area contributed by atoms with Crippen molar-refractivity contribution >= 4 is 11.4 Å². The van der Waals surface area contributed by atoms with Crippen molar-refractivity contribution in [2.24, 2.45) is 0 Å². The van der Waals surface area contributed by atoms with Crippen LogP contribution in [0.25, 0.3) is 0 Å². The number of hydrogen-bond acceptors (Lipinski definition) is 5. The molecule has 2 N–H and O–H groups in total. The predicted octanol–water partition coefficient (Wildman–Crippen LogP) is 1.19. The summed E-state index contributed by atoms with van der Waals surface area (Å²) in [6.07, 6.45) is -0.523. The molecule has 5 heteroatoms. The van der Waals surface area contributed by atoms with Gasteiger partial charge in [0.05, 0.1) is 25.9 Å². The van der Waals surface area contributed by atoms with E-state index in [1.165, 1.54) is 0 Å². The monoisotopic (exact) mass is 268 g/mol. The summed E-state index contributed by atoms with van der Waals surface area (Å²) in [6, 6.07) is 8.05. The number of nitrogens with one attached hydrogen (secondary N) is 1. The van der Waals surface area contributed by atoms with Gasteiger partial charge in [0.15, 0.2) is 0 Å². The highest BCUT2D eigenvalue weighted by atomic mass is 16.5. The number of nitrogens with zero attached hydrogens (tertiary/aromatic N) is 1. The number of anilines is 2. The summed E-state index contributed by atoms with van der Waals surface area (Å²) in [6.45, 7) is 1.83. The Morgan fingerprint density at radius 2 is 1.89 bits per heavy atom. The van der Waals surface area contributed by atoms with Crippen molar-refractivity contribution in [1.29, 1.82) is 0 Å². The van der Waals surface area contributed by atoms with Crippen LogP contribution in [0.5, 0.6) is 0 Å². The zero-order valence-electron chi connectivity index (χ0n) is 11.9. The summed E-state index contributed by atoms with van der Waals surface area (Å²) < 4.78 is 10.1. The lowest BCUT2D eigenvalue weighted by atomic mass is 10.2. The second kappa shape index (κ2) is 8.74. The number of benzene rings is 1. The highest BCUT2D eigenvalue weighted by molar-refractivity contribution is 5.54. The first kappa shape index (κ1) is 15.8. The Bertz CT molecular complexity index is 341. The second-order valence-corrected chi connectivity index (χ2v) is 4.54. The molecule has 1 rings (SSSR count). The van der Waals surface area contributed by atoms with E-state index in [4.69, 9.17) is 9.47 Å². The highest BCUT2D eigenvalue weighted by Crippen LogP contribution is 2.15. The van der Waals surface area contributed by atoms with Gasteiger partial charge < -0.3 is 24.8 Å². The third-order valence-electron chi connectivity index (χ3n) is 2.67. The van der Waals surface area contributed by atoms with Crippen LogP contribution in [0.4, 0.5) is 11.4 Å². The number of methoxy groups -OCH3 is 1. The first-order valence-electron chi connectivity index (χ1n) is 6.39. The molecule has 0 fully saturated rings. The van der Waals surface area contributed by atoms with Gasteiger partial charge >= 0.3 is 0 Å². The molecule has 5 nitrogen and oxygen atoms in total. The van der Waals surface area contributed by atoms with Crippen LogP contribution in [-0.2, 0) is 9.47 Å². The van der Waals surface area contributed by atoms with Crippen molar-refractivity contribution in [3.05, 3.63) is 24.3 Å². The molecule has 1 unspecified atom stereocenters. The summed E-state index contributed by atoms with van der Waals surface area (Å²) in [7, 11) is 5.63. The van der Waals surface area contributed by atoms with Crippen molar-refractivity contribution in [2.75, 3.05) is 57.8 Å². The fourth-order valence-corrected chi connectivity index (χ4v) is 1.53. The maximum Gasteiger partial charge on any atom is 0.0945 e. The molecule has 1 atom stereocenters. The van der Waals surface area contributed by atoms with E-state index in [-0.39, 0.29) is 0 Å². The van der Waals surface area contributed by atoms with E-state index >= 15 is 0 Å². The number of ether oxygens (including phenoxy) is 2. The quantitative estimate of drug-likeness (QED) is 0.659. The average molecular weight is 268 g/mol. The van der Waals surface area contributed by atoms with Gasteiger partial charge in [0.1, 0.15) is 0 Å². The van der Waals surface area contributed by atoms with Crippen molar-refractivity contribution in [1.82, 2.24) is 0 Å². The summed E-state index contributed by atoms with van der Waals surface area (Å²) in [5.74, 6) is 0. The molecule has 108 valence electrons. The van der Waals surface area contributed by atoms with Gasteiger partial charge in [-0.15, -0.1) is 0 Å². The zero-order valence-corrected chi connectivity index (χ0v) is 11.9. The number of aliphatic hydroxyl groups excluding tert-OH is 1. The van der Waals surface area contributed by atoms with Crippen LogP contribution < -0.4 is 10.2 Å². The van der Waals surface area contributed by atoms with Crippen LogP contribution in [0.1, 0.15) is 0 Å². The van der Waals surface area contributed by atoms with E-state index in [2.05, 4.69) is 5.32 Å². The van der Waals surface area contributed by atoms with E-state index in [1.54, 1.807) is 7.11 Å². The Morgan fingerprint density at radius 3 is 2.47 bits per heavy atom. The van der Waals surface area contributed by atoms with Crippen molar-refractivity contribution in [2.45, 2.75) is 6.10 Å². The number of rotatable bonds is 9. The molecule has 0 bridgehead atoms. The van der Waals surface area contributed by atoms with Gasteiger partial charge in [-0.1, -0.05) is 0 Å². The molecule has 0 aliphatic rings. The van der Waals surface area contributed by atoms with Crippen LogP contribution in [-0.4, -0.2) is 58.8 Å². The van der Waals surface area contributed by atoms with Gasteiger partial charge in [-0.3, -0.25) is 0 Å². The van der Waals surface area contributed by atoms with Crippen molar-refractivity contribution < 1.29 is 14.6 Å². The van der Waals surface area contributed by atoms with Crippen LogP contribution in [0, 0.1) is 0 Å². The van der Waals surface area contributed by atoms with Crippen molar-refractivity contribution in [3.8, 4) is 0 Å². The van der Waals surface area contributed by atoms with Gasteiger partial charge in [0, 0.05) is 39.1 Å². The second-order valence-electron chi connectivity index (χ2n) is 4.54. The molecular weight excluding hydrogens is 244 g/mol. The molecule has 0 amide bonds. The standard InChI is InChI=1S/C14H24N2O3/c1-16(2)13-6-4-12(5-7-13)15-10-14(17)11-19-9-8-18-3/h4-7,14-15,17H,8-11H2,1-3H3. The summed E-state index contributed by atoms with van der Waals surface area (Å²) in [5.41, 5.74) is 2.13. The molecule has 1 aromatic rings. The van der Waals surface area contributed by atoms with E-state index in [1.807, 2.05) is 43.3 Å². The summed E-state index contributed by atoms with van der Waals surface area (Å²) in [5, 5.41) is 12.9. The van der Waals surface area contributed by atoms with Crippen LogP contribution in [0.15, 0.2) is 24.3 Å². The lowest BCUT2D eigenvalue weighted by Crippen LogP contribution is -2.25. The number of hydrogen-bond donors (Lipinski definition) is 2. The Hall–Kier alpha value is -1.30. The largest absolute Gasteiger partial charge is 0.389 e. The molecule has 0 radical (unpaired) electrons. The lowest BCUT2D eigenvalue weighted by Gasteiger charge is -2.15. The van der Waals surface area contributed by atoms with Crippen LogP contribution in [0.3, 0.4) is 0 Å². The minimum absolute atomic E-state index is 0.312. The molecule has 0 saturated heterocycles. The topological polar surface area (TPSA) is 54.0 Å². The summed E-state index contributed by atoms with van der Waals surface area (Å²) >= 11 is 0. The predicted molar refractivity (Wildman–Crippen MR) is 78.0 cm³/mol. The maximum absolute atomic E-state index is 9.72. The van der Waals surface area contributed by atoms with E-state index in [0.29, 0.717) is 26.4 Å². The fourth-order valence-electron chi connectivity index (χ4n) is 1.53. The van der Waals surface area contributed by atoms with E-state index in [0.717, 1.165) is 11.4 Å². The molecule has 0 aliphatic heterocycles. The molecule has 1 aromatic carbocycles. The maximum atomic E-state index is 9.72. The van der Waals surface area contributed by atoms with Gasteiger partial charge in [-0.25, -0.2) is 0 Å². The molecule has 0 saturated carbocycles. The Labute approximate surface area is 115 Å². The minimum atomic E-state index is -0.523. The molecule has 19 heavy (non-hydrogen) atoms. The average Bonchev–Trinajstić information content (AvgIpc) is 2.42.